The first-order valence-electron chi connectivity index (χ1n) is 9.70. The highest BCUT2D eigenvalue weighted by Crippen LogP contribution is 2.23. The molecule has 0 aliphatic rings. The highest BCUT2D eigenvalue weighted by molar-refractivity contribution is 5.64. The largest absolute Gasteiger partial charge is 0.494 e. The number of nitrogens with zero attached hydrogens (tertiary/aromatic N) is 1. The molecule has 3 aromatic rings. The van der Waals surface area contributed by atoms with Crippen molar-refractivity contribution in [2.45, 2.75) is 32.6 Å². The number of hydrogen-bond acceptors (Lipinski definition) is 2. The number of unbranched alkanes of at least 4 members (excludes halogenated alkanes) is 1. The first kappa shape index (κ1) is 19.6. The third-order valence-corrected chi connectivity index (χ3v) is 4.76. The summed E-state index contributed by atoms with van der Waals surface area (Å²) >= 11 is 0. The zero-order chi connectivity index (χ0) is 19.8. The summed E-state index contributed by atoms with van der Waals surface area (Å²) in [5.74, 6) is 0.459. The molecule has 3 rings (SSSR count). The molecule has 0 aliphatic carbocycles. The Bertz CT molecular complexity index is 940. The third-order valence-electron chi connectivity index (χ3n) is 4.76. The Morgan fingerprint density at radius 2 is 1.46 bits per heavy atom. The van der Waals surface area contributed by atoms with Crippen molar-refractivity contribution in [2.24, 2.45) is 0 Å². The molecular formula is C25H24FNO. The molecule has 2 nitrogen and oxygen atoms in total. The molecule has 0 fully saturated rings. The number of benzene rings is 3. The van der Waals surface area contributed by atoms with E-state index in [1.54, 1.807) is 6.07 Å². The van der Waals surface area contributed by atoms with Gasteiger partial charge in [-0.3, -0.25) is 0 Å². The molecule has 0 atom stereocenters. The van der Waals surface area contributed by atoms with Crippen LogP contribution >= 0.6 is 0 Å². The van der Waals surface area contributed by atoms with Gasteiger partial charge in [0.05, 0.1) is 12.2 Å². The van der Waals surface area contributed by atoms with Crippen LogP contribution in [0.1, 0.15) is 36.5 Å². The lowest BCUT2D eigenvalue weighted by molar-refractivity contribution is 0.309. The van der Waals surface area contributed by atoms with Gasteiger partial charge in [-0.15, -0.1) is 0 Å². The number of nitriles is 1. The maximum absolute atomic E-state index is 13.7. The minimum atomic E-state index is -0.447. The Morgan fingerprint density at radius 3 is 2.07 bits per heavy atom. The summed E-state index contributed by atoms with van der Waals surface area (Å²) in [6, 6.07) is 23.3. The van der Waals surface area contributed by atoms with E-state index < -0.39 is 5.82 Å². The predicted octanol–water partition coefficient (Wildman–Crippen LogP) is 6.33. The van der Waals surface area contributed by atoms with Crippen molar-refractivity contribution < 1.29 is 9.13 Å². The first-order valence-corrected chi connectivity index (χ1v) is 9.70. The summed E-state index contributed by atoms with van der Waals surface area (Å²) in [5.41, 5.74) is 4.51. The predicted molar refractivity (Wildman–Crippen MR) is 111 cm³/mol. The monoisotopic (exact) mass is 373 g/mol. The van der Waals surface area contributed by atoms with E-state index >= 15 is 0 Å². The molecule has 0 spiro atoms. The molecule has 0 aliphatic heterocycles. The van der Waals surface area contributed by atoms with Crippen LogP contribution in [0.25, 0.3) is 11.1 Å². The van der Waals surface area contributed by atoms with Crippen molar-refractivity contribution in [3.63, 3.8) is 0 Å². The van der Waals surface area contributed by atoms with Crippen molar-refractivity contribution in [3.8, 4) is 22.9 Å². The van der Waals surface area contributed by atoms with E-state index in [0.717, 1.165) is 54.7 Å². The molecule has 0 saturated carbocycles. The summed E-state index contributed by atoms with van der Waals surface area (Å²) < 4.78 is 19.4. The summed E-state index contributed by atoms with van der Waals surface area (Å²) in [5, 5.41) is 8.80. The van der Waals surface area contributed by atoms with E-state index in [2.05, 4.69) is 43.3 Å². The lowest BCUT2D eigenvalue weighted by Gasteiger charge is -2.08. The number of rotatable bonds is 8. The Balaban J connectivity index is 1.59. The second-order valence-electron chi connectivity index (χ2n) is 6.85. The molecule has 0 amide bonds. The second kappa shape index (κ2) is 9.71. The molecule has 28 heavy (non-hydrogen) atoms. The maximum atomic E-state index is 13.7. The SMILES string of the molecule is CCCCOc1ccc(-c2ccc(CCc3ccc(C#N)c(F)c3)cc2)cc1. The Hall–Kier alpha value is -3.12. The van der Waals surface area contributed by atoms with Crippen LogP contribution in [0.5, 0.6) is 5.75 Å². The molecular weight excluding hydrogens is 349 g/mol. The lowest BCUT2D eigenvalue weighted by atomic mass is 10.00. The van der Waals surface area contributed by atoms with Crippen LogP contribution in [-0.4, -0.2) is 6.61 Å². The topological polar surface area (TPSA) is 33.0 Å². The van der Waals surface area contributed by atoms with Crippen LogP contribution in [0.2, 0.25) is 0 Å². The van der Waals surface area contributed by atoms with Gasteiger partial charge in [-0.1, -0.05) is 55.8 Å². The van der Waals surface area contributed by atoms with Gasteiger partial charge in [0, 0.05) is 0 Å². The van der Waals surface area contributed by atoms with E-state index in [4.69, 9.17) is 10.00 Å². The van der Waals surface area contributed by atoms with Crippen LogP contribution in [0.4, 0.5) is 4.39 Å². The molecule has 3 aromatic carbocycles. The summed E-state index contributed by atoms with van der Waals surface area (Å²) in [7, 11) is 0. The Morgan fingerprint density at radius 1 is 0.857 bits per heavy atom. The van der Waals surface area contributed by atoms with Crippen molar-refractivity contribution >= 4 is 0 Å². The number of ether oxygens (including phenoxy) is 1. The van der Waals surface area contributed by atoms with Crippen LogP contribution in [0.3, 0.4) is 0 Å². The van der Waals surface area contributed by atoms with Crippen LogP contribution in [0, 0.1) is 17.1 Å². The minimum absolute atomic E-state index is 0.0925. The lowest BCUT2D eigenvalue weighted by Crippen LogP contribution is -1.96. The van der Waals surface area contributed by atoms with Crippen molar-refractivity contribution in [2.75, 3.05) is 6.61 Å². The number of aryl methyl sites for hydroxylation is 2. The van der Waals surface area contributed by atoms with Crippen LogP contribution in [-0.2, 0) is 12.8 Å². The van der Waals surface area contributed by atoms with Gasteiger partial charge in [-0.2, -0.15) is 5.26 Å². The molecule has 0 saturated heterocycles. The quantitative estimate of drug-likeness (QED) is 0.432. The average molecular weight is 373 g/mol. The first-order chi connectivity index (χ1) is 13.7. The van der Waals surface area contributed by atoms with Gasteiger partial charge in [-0.25, -0.2) is 4.39 Å². The molecule has 0 heterocycles. The maximum Gasteiger partial charge on any atom is 0.141 e. The summed E-state index contributed by atoms with van der Waals surface area (Å²) in [6.45, 7) is 2.91. The molecule has 0 N–H and O–H groups in total. The second-order valence-corrected chi connectivity index (χ2v) is 6.85. The number of halogens is 1. The fourth-order valence-electron chi connectivity index (χ4n) is 3.04. The summed E-state index contributed by atoms with van der Waals surface area (Å²) in [4.78, 5) is 0. The molecule has 142 valence electrons. The van der Waals surface area contributed by atoms with E-state index in [-0.39, 0.29) is 5.56 Å². The molecule has 0 radical (unpaired) electrons. The van der Waals surface area contributed by atoms with Gasteiger partial charge in [0.15, 0.2) is 0 Å². The van der Waals surface area contributed by atoms with Crippen molar-refractivity contribution in [1.29, 1.82) is 5.26 Å². The molecule has 0 bridgehead atoms. The Labute approximate surface area is 166 Å². The van der Waals surface area contributed by atoms with Crippen LogP contribution in [0.15, 0.2) is 66.7 Å². The zero-order valence-corrected chi connectivity index (χ0v) is 16.1. The van der Waals surface area contributed by atoms with Gasteiger partial charge in [0.2, 0.25) is 0 Å². The fourth-order valence-corrected chi connectivity index (χ4v) is 3.04. The van der Waals surface area contributed by atoms with Gasteiger partial charge in [0.1, 0.15) is 17.6 Å². The van der Waals surface area contributed by atoms with E-state index in [1.165, 1.54) is 11.6 Å². The van der Waals surface area contributed by atoms with E-state index in [1.807, 2.05) is 24.3 Å². The Kier molecular flexibility index (Phi) is 6.81. The highest BCUT2D eigenvalue weighted by atomic mass is 19.1. The van der Waals surface area contributed by atoms with Crippen LogP contribution < -0.4 is 4.74 Å². The molecule has 0 unspecified atom stereocenters. The minimum Gasteiger partial charge on any atom is -0.494 e. The van der Waals surface area contributed by atoms with Gasteiger partial charge in [0.25, 0.3) is 0 Å². The smallest absolute Gasteiger partial charge is 0.141 e. The molecule has 3 heteroatoms. The van der Waals surface area contributed by atoms with E-state index in [9.17, 15) is 4.39 Å². The van der Waals surface area contributed by atoms with Crippen molar-refractivity contribution in [1.82, 2.24) is 0 Å². The third kappa shape index (κ3) is 5.20. The average Bonchev–Trinajstić information content (AvgIpc) is 2.73. The van der Waals surface area contributed by atoms with Gasteiger partial charge in [-0.05, 0) is 65.8 Å². The number of hydrogen-bond donors (Lipinski definition) is 0. The molecule has 0 aromatic heterocycles. The van der Waals surface area contributed by atoms with E-state index in [0.29, 0.717) is 0 Å². The normalized spacial score (nSPS) is 10.5. The summed E-state index contributed by atoms with van der Waals surface area (Å²) in [6.07, 6.45) is 3.77. The fraction of sp³-hybridized carbons (Fsp3) is 0.240. The standard InChI is InChI=1S/C25H24FNO/c1-2-3-16-28-24-14-12-22(13-15-24)21-9-6-19(7-10-21)4-5-20-8-11-23(18-27)25(26)17-20/h6-15,17H,2-5,16H2,1H3. The van der Waals surface area contributed by atoms with Gasteiger partial charge < -0.3 is 4.74 Å². The van der Waals surface area contributed by atoms with Crippen molar-refractivity contribution in [3.05, 3.63) is 89.2 Å². The van der Waals surface area contributed by atoms with Gasteiger partial charge >= 0.3 is 0 Å². The zero-order valence-electron chi connectivity index (χ0n) is 16.1. The highest BCUT2D eigenvalue weighted by Gasteiger charge is 2.04.